The molecule has 2 aromatic rings. The topological polar surface area (TPSA) is 99.1 Å². The molecule has 0 aliphatic heterocycles. The summed E-state index contributed by atoms with van der Waals surface area (Å²) in [5.74, 6) is 1.44. The highest BCUT2D eigenvalue weighted by atomic mass is 16.5. The van der Waals surface area contributed by atoms with Gasteiger partial charge in [0.05, 0.1) is 25.4 Å². The molecule has 3 N–H and O–H groups in total. The standard InChI is InChI=1S/C44H56N2O5/c1-40-21-18-33(47)26-42(40)24-25-44(35(27-42)38(48)31-12-8-5-9-13-31)36(40)19-22-41(2)37(44)20-23-43(41,50)29-46(28-30-10-6-4-7-11-30)39(49)45-32-14-16-34(51-3)17-15-32/h4,6-7,10-11,14-17,24-25,27,31,33,36-37,47,50H,5,8-9,12-13,18-23,26,28-29H2,1-3H3,(H,45,49). The summed E-state index contributed by atoms with van der Waals surface area (Å²) in [6.07, 6.45) is 17.7. The molecule has 2 aromatic carbocycles. The normalized spacial score (nSPS) is 38.2. The van der Waals surface area contributed by atoms with E-state index in [1.54, 1.807) is 12.0 Å². The maximum absolute atomic E-state index is 14.9. The molecular formula is C44H56N2O5. The Morgan fingerprint density at radius 1 is 0.863 bits per heavy atom. The van der Waals surface area contributed by atoms with Gasteiger partial charge in [0, 0.05) is 40.0 Å². The first-order valence-corrected chi connectivity index (χ1v) is 19.6. The summed E-state index contributed by atoms with van der Waals surface area (Å²) in [7, 11) is 1.62. The van der Waals surface area contributed by atoms with Gasteiger partial charge in [0.25, 0.3) is 0 Å². The average molecular weight is 693 g/mol. The Balaban J connectivity index is 1.16. The number of hydrogen-bond acceptors (Lipinski definition) is 5. The number of benzene rings is 2. The second-order valence-corrected chi connectivity index (χ2v) is 17.5. The molecule has 4 fully saturated rings. The zero-order valence-corrected chi connectivity index (χ0v) is 30.7. The van der Waals surface area contributed by atoms with Gasteiger partial charge in [-0.05, 0) is 105 Å². The quantitative estimate of drug-likeness (QED) is 0.241. The van der Waals surface area contributed by atoms with Crippen LogP contribution in [0.4, 0.5) is 10.5 Å². The molecule has 0 heterocycles. The Labute approximate surface area is 303 Å². The van der Waals surface area contributed by atoms with Crippen molar-refractivity contribution in [1.82, 2.24) is 4.90 Å². The van der Waals surface area contributed by atoms with E-state index in [2.05, 4.69) is 37.4 Å². The van der Waals surface area contributed by atoms with Crippen LogP contribution in [0.15, 0.2) is 78.4 Å². The number of nitrogens with one attached hydrogen (secondary N) is 1. The van der Waals surface area contributed by atoms with Gasteiger partial charge < -0.3 is 25.2 Å². The number of allylic oxidation sites excluding steroid dienone is 4. The zero-order valence-electron chi connectivity index (χ0n) is 30.7. The average Bonchev–Trinajstić information content (AvgIpc) is 3.41. The Hall–Kier alpha value is -3.42. The molecular weight excluding hydrogens is 636 g/mol. The van der Waals surface area contributed by atoms with Gasteiger partial charge in [-0.3, -0.25) is 4.79 Å². The Morgan fingerprint density at radius 3 is 2.27 bits per heavy atom. The summed E-state index contributed by atoms with van der Waals surface area (Å²) in [5, 5.41) is 27.2. The lowest BCUT2D eigenvalue weighted by molar-refractivity contribution is -0.178. The van der Waals surface area contributed by atoms with Crippen LogP contribution < -0.4 is 10.1 Å². The summed E-state index contributed by atoms with van der Waals surface area (Å²) < 4.78 is 5.32. The fourth-order valence-electron chi connectivity index (χ4n) is 12.4. The number of urea groups is 1. The van der Waals surface area contributed by atoms with Crippen molar-refractivity contribution >= 4 is 17.5 Å². The van der Waals surface area contributed by atoms with E-state index in [4.69, 9.17) is 4.74 Å². The highest BCUT2D eigenvalue weighted by molar-refractivity contribution is 6.00. The van der Waals surface area contributed by atoms with Crippen LogP contribution in [0.5, 0.6) is 5.75 Å². The lowest BCUT2D eigenvalue weighted by Crippen LogP contribution is -2.67. The van der Waals surface area contributed by atoms with Gasteiger partial charge in [-0.15, -0.1) is 0 Å². The fraction of sp³-hybridized carbons (Fsp3) is 0.591. The van der Waals surface area contributed by atoms with Gasteiger partial charge in [0.1, 0.15) is 5.75 Å². The van der Waals surface area contributed by atoms with Crippen LogP contribution in [0.25, 0.3) is 0 Å². The smallest absolute Gasteiger partial charge is 0.322 e. The molecule has 4 saturated carbocycles. The van der Waals surface area contributed by atoms with E-state index in [1.165, 1.54) is 6.42 Å². The van der Waals surface area contributed by atoms with Crippen LogP contribution in [0, 0.1) is 39.4 Å². The number of hydrogen-bond donors (Lipinski definition) is 3. The number of rotatable bonds is 8. The first-order valence-electron chi connectivity index (χ1n) is 19.6. The molecule has 7 aliphatic rings. The predicted molar refractivity (Wildman–Crippen MR) is 199 cm³/mol. The minimum absolute atomic E-state index is 0.0560. The number of methoxy groups -OCH3 is 1. The second kappa shape index (κ2) is 12.6. The van der Waals surface area contributed by atoms with Crippen molar-refractivity contribution in [2.45, 2.75) is 109 Å². The molecule has 0 radical (unpaired) electrons. The molecule has 2 amide bonds. The zero-order chi connectivity index (χ0) is 35.6. The summed E-state index contributed by atoms with van der Waals surface area (Å²) in [6, 6.07) is 17.1. The number of carbonyl (C=O) groups excluding carboxylic acids is 2. The maximum Gasteiger partial charge on any atom is 0.322 e. The van der Waals surface area contributed by atoms with Gasteiger partial charge in [0.2, 0.25) is 0 Å². The maximum atomic E-state index is 14.9. The van der Waals surface area contributed by atoms with Crippen molar-refractivity contribution in [1.29, 1.82) is 0 Å². The van der Waals surface area contributed by atoms with E-state index in [-0.39, 0.29) is 47.3 Å². The third-order valence-corrected chi connectivity index (χ3v) is 15.3. The van der Waals surface area contributed by atoms with E-state index in [1.807, 2.05) is 54.6 Å². The number of aliphatic hydroxyl groups excluding tert-OH is 1. The number of amides is 2. The van der Waals surface area contributed by atoms with Crippen molar-refractivity contribution in [3.8, 4) is 5.75 Å². The SMILES string of the molecule is COc1ccc(NC(=O)N(Cc2ccccc2)CC2(O)CCC3C45C=CC6(C=C4C(=O)C4CCCCC4)CC(O)CCC6(C)C5CCC32C)cc1. The number of ketones is 1. The number of aliphatic hydroxyl groups is 2. The van der Waals surface area contributed by atoms with Crippen molar-refractivity contribution in [2.24, 2.45) is 39.4 Å². The lowest BCUT2D eigenvalue weighted by atomic mass is 9.32. The van der Waals surface area contributed by atoms with E-state index in [0.29, 0.717) is 36.6 Å². The number of carbonyl (C=O) groups is 2. The molecule has 51 heavy (non-hydrogen) atoms. The van der Waals surface area contributed by atoms with Crippen LogP contribution in [-0.2, 0) is 11.3 Å². The molecule has 9 rings (SSSR count). The van der Waals surface area contributed by atoms with Gasteiger partial charge in [-0.1, -0.05) is 81.7 Å². The summed E-state index contributed by atoms with van der Waals surface area (Å²) in [5.41, 5.74) is 0.168. The van der Waals surface area contributed by atoms with Crippen LogP contribution in [0.2, 0.25) is 0 Å². The van der Waals surface area contributed by atoms with Crippen LogP contribution in [-0.4, -0.2) is 52.3 Å². The highest BCUT2D eigenvalue weighted by Gasteiger charge is 2.74. The number of anilines is 1. The van der Waals surface area contributed by atoms with Crippen molar-refractivity contribution < 1.29 is 24.5 Å². The van der Waals surface area contributed by atoms with E-state index in [0.717, 1.165) is 68.9 Å². The van der Waals surface area contributed by atoms with Crippen LogP contribution >= 0.6 is 0 Å². The van der Waals surface area contributed by atoms with Gasteiger partial charge in [-0.25, -0.2) is 4.79 Å². The number of ether oxygens (including phenoxy) is 1. The van der Waals surface area contributed by atoms with E-state index >= 15 is 0 Å². The summed E-state index contributed by atoms with van der Waals surface area (Å²) in [6.45, 7) is 5.27. The second-order valence-electron chi connectivity index (χ2n) is 17.5. The fourth-order valence-corrected chi connectivity index (χ4v) is 12.4. The Morgan fingerprint density at radius 2 is 1.55 bits per heavy atom. The van der Waals surface area contributed by atoms with Crippen LogP contribution in [0.1, 0.15) is 96.5 Å². The van der Waals surface area contributed by atoms with Crippen LogP contribution in [0.3, 0.4) is 0 Å². The largest absolute Gasteiger partial charge is 0.497 e. The third-order valence-electron chi connectivity index (χ3n) is 15.3. The summed E-state index contributed by atoms with van der Waals surface area (Å²) in [4.78, 5) is 30.8. The van der Waals surface area contributed by atoms with Crippen molar-refractivity contribution in [3.05, 3.63) is 84.0 Å². The number of fused-ring (bicyclic) bond motifs is 1. The molecule has 7 aliphatic carbocycles. The Bertz CT molecular complexity index is 1720. The first kappa shape index (κ1) is 34.7. The molecule has 7 heteroatoms. The molecule has 7 nitrogen and oxygen atoms in total. The molecule has 0 saturated heterocycles. The predicted octanol–water partition coefficient (Wildman–Crippen LogP) is 8.47. The van der Waals surface area contributed by atoms with Gasteiger partial charge >= 0.3 is 6.03 Å². The minimum atomic E-state index is -1.15. The van der Waals surface area contributed by atoms with E-state index < -0.39 is 16.4 Å². The minimum Gasteiger partial charge on any atom is -0.497 e. The summed E-state index contributed by atoms with van der Waals surface area (Å²) >= 11 is 0. The van der Waals surface area contributed by atoms with Gasteiger partial charge in [0.15, 0.2) is 5.78 Å². The monoisotopic (exact) mass is 692 g/mol. The molecule has 2 spiro atoms. The molecule has 8 unspecified atom stereocenters. The Kier molecular flexibility index (Phi) is 8.57. The molecule has 272 valence electrons. The molecule has 0 aromatic heterocycles. The number of nitrogens with zero attached hydrogens (tertiary/aromatic N) is 1. The van der Waals surface area contributed by atoms with E-state index in [9.17, 15) is 19.8 Å². The third kappa shape index (κ3) is 5.27. The highest BCUT2D eigenvalue weighted by Crippen LogP contribution is 2.78. The lowest BCUT2D eigenvalue weighted by Gasteiger charge is -2.71. The number of Topliss-reactive ketones (excluding diaryl/α,β-unsaturated/α-hetero) is 1. The first-order chi connectivity index (χ1) is 24.5. The van der Waals surface area contributed by atoms with Crippen molar-refractivity contribution in [3.63, 3.8) is 0 Å². The molecule has 2 bridgehead atoms. The molecule has 8 atom stereocenters. The van der Waals surface area contributed by atoms with Crippen molar-refractivity contribution in [2.75, 3.05) is 19.0 Å². The van der Waals surface area contributed by atoms with Gasteiger partial charge in [-0.2, -0.15) is 0 Å².